The SMILES string of the molecule is O=C(NC1CCCCC1)N[C@H]1CO[C@H]2[C@@H]1OC[C@@H]2Nc1nccc(-c2cccs2)n1. The third-order valence-electron chi connectivity index (χ3n) is 6.05. The van der Waals surface area contributed by atoms with Crippen LogP contribution in [0.3, 0.4) is 0 Å². The summed E-state index contributed by atoms with van der Waals surface area (Å²) in [5.41, 5.74) is 0.893. The number of aromatic nitrogens is 2. The predicted molar refractivity (Wildman–Crippen MR) is 115 cm³/mol. The van der Waals surface area contributed by atoms with Gasteiger partial charge in [0, 0.05) is 12.2 Å². The number of anilines is 1. The van der Waals surface area contributed by atoms with Crippen LogP contribution in [0.2, 0.25) is 0 Å². The molecule has 8 nitrogen and oxygen atoms in total. The summed E-state index contributed by atoms with van der Waals surface area (Å²) in [5, 5.41) is 11.5. The van der Waals surface area contributed by atoms with E-state index in [9.17, 15) is 4.79 Å². The fourth-order valence-corrected chi connectivity index (χ4v) is 5.24. The molecule has 2 aromatic rings. The number of nitrogens with zero attached hydrogens (tertiary/aromatic N) is 2. The monoisotopic (exact) mass is 429 g/mol. The van der Waals surface area contributed by atoms with Crippen molar-refractivity contribution in [3.05, 3.63) is 29.8 Å². The molecule has 4 heterocycles. The number of rotatable bonds is 5. The van der Waals surface area contributed by atoms with Gasteiger partial charge in [-0.25, -0.2) is 14.8 Å². The van der Waals surface area contributed by atoms with Crippen LogP contribution in [0, 0.1) is 0 Å². The summed E-state index contributed by atoms with van der Waals surface area (Å²) in [6.07, 6.45) is 7.22. The summed E-state index contributed by atoms with van der Waals surface area (Å²) >= 11 is 1.65. The van der Waals surface area contributed by atoms with Gasteiger partial charge in [-0.3, -0.25) is 0 Å². The summed E-state index contributed by atoms with van der Waals surface area (Å²) in [5.74, 6) is 0.560. The third kappa shape index (κ3) is 4.28. The highest BCUT2D eigenvalue weighted by Gasteiger charge is 2.48. The van der Waals surface area contributed by atoms with Crippen LogP contribution < -0.4 is 16.0 Å². The highest BCUT2D eigenvalue weighted by atomic mass is 32.1. The molecular weight excluding hydrogens is 402 g/mol. The number of urea groups is 1. The molecule has 1 aliphatic carbocycles. The van der Waals surface area contributed by atoms with Crippen LogP contribution in [0.1, 0.15) is 32.1 Å². The first-order chi connectivity index (χ1) is 14.8. The van der Waals surface area contributed by atoms with Crippen LogP contribution >= 0.6 is 11.3 Å². The number of hydrogen-bond acceptors (Lipinski definition) is 7. The number of carbonyl (C=O) groups excluding carboxylic acids is 1. The molecule has 0 radical (unpaired) electrons. The molecule has 2 saturated heterocycles. The average Bonchev–Trinajstić information content (AvgIpc) is 3.50. The zero-order valence-electron chi connectivity index (χ0n) is 16.8. The van der Waals surface area contributed by atoms with Crippen molar-refractivity contribution in [3.63, 3.8) is 0 Å². The van der Waals surface area contributed by atoms with Gasteiger partial charge >= 0.3 is 6.03 Å². The van der Waals surface area contributed by atoms with Gasteiger partial charge in [-0.05, 0) is 30.4 Å². The zero-order valence-corrected chi connectivity index (χ0v) is 17.6. The lowest BCUT2D eigenvalue weighted by atomic mass is 9.96. The minimum Gasteiger partial charge on any atom is -0.371 e. The molecule has 1 saturated carbocycles. The predicted octanol–water partition coefficient (Wildman–Crippen LogP) is 2.78. The van der Waals surface area contributed by atoms with E-state index in [1.807, 2.05) is 23.6 Å². The van der Waals surface area contributed by atoms with Crippen molar-refractivity contribution in [1.82, 2.24) is 20.6 Å². The van der Waals surface area contributed by atoms with Gasteiger partial charge in [0.05, 0.1) is 35.9 Å². The highest BCUT2D eigenvalue weighted by Crippen LogP contribution is 2.29. The van der Waals surface area contributed by atoms with Crippen LogP contribution in [-0.4, -0.2) is 59.5 Å². The van der Waals surface area contributed by atoms with E-state index in [4.69, 9.17) is 9.47 Å². The summed E-state index contributed by atoms with van der Waals surface area (Å²) in [7, 11) is 0. The van der Waals surface area contributed by atoms with Crippen molar-refractivity contribution < 1.29 is 14.3 Å². The minimum absolute atomic E-state index is 0.0539. The Morgan fingerprint density at radius 1 is 1.03 bits per heavy atom. The van der Waals surface area contributed by atoms with Crippen LogP contribution in [0.25, 0.3) is 10.6 Å². The van der Waals surface area contributed by atoms with Crippen LogP contribution in [0.5, 0.6) is 0 Å². The molecule has 3 aliphatic rings. The lowest BCUT2D eigenvalue weighted by molar-refractivity contribution is 0.0681. The number of fused-ring (bicyclic) bond motifs is 1. The highest BCUT2D eigenvalue weighted by molar-refractivity contribution is 7.13. The Morgan fingerprint density at radius 3 is 2.63 bits per heavy atom. The average molecular weight is 430 g/mol. The maximum Gasteiger partial charge on any atom is 0.315 e. The van der Waals surface area contributed by atoms with Crippen molar-refractivity contribution in [3.8, 4) is 10.6 Å². The van der Waals surface area contributed by atoms with E-state index in [1.54, 1.807) is 17.5 Å². The topological polar surface area (TPSA) is 97.4 Å². The zero-order chi connectivity index (χ0) is 20.3. The van der Waals surface area contributed by atoms with Crippen molar-refractivity contribution in [2.24, 2.45) is 0 Å². The van der Waals surface area contributed by atoms with E-state index in [1.165, 1.54) is 19.3 Å². The first-order valence-electron chi connectivity index (χ1n) is 10.7. The fraction of sp³-hybridized carbons (Fsp3) is 0.571. The third-order valence-corrected chi connectivity index (χ3v) is 6.95. The van der Waals surface area contributed by atoms with Gasteiger partial charge in [0.2, 0.25) is 5.95 Å². The van der Waals surface area contributed by atoms with Crippen LogP contribution in [-0.2, 0) is 9.47 Å². The molecule has 160 valence electrons. The molecule has 0 unspecified atom stereocenters. The molecule has 0 bridgehead atoms. The molecule has 3 N–H and O–H groups in total. The van der Waals surface area contributed by atoms with Crippen molar-refractivity contribution >= 4 is 23.3 Å². The number of ether oxygens (including phenoxy) is 2. The van der Waals surface area contributed by atoms with Gasteiger partial charge < -0.3 is 25.4 Å². The molecule has 2 aromatic heterocycles. The van der Waals surface area contributed by atoms with Crippen LogP contribution in [0.15, 0.2) is 29.8 Å². The van der Waals surface area contributed by atoms with Gasteiger partial charge in [-0.2, -0.15) is 0 Å². The summed E-state index contributed by atoms with van der Waals surface area (Å²) in [6.45, 7) is 0.937. The molecule has 9 heteroatoms. The summed E-state index contributed by atoms with van der Waals surface area (Å²) in [6, 6.07) is 5.91. The maximum absolute atomic E-state index is 12.4. The van der Waals surface area contributed by atoms with E-state index in [-0.39, 0.29) is 36.4 Å². The van der Waals surface area contributed by atoms with E-state index < -0.39 is 0 Å². The van der Waals surface area contributed by atoms with Gasteiger partial charge in [-0.1, -0.05) is 25.3 Å². The van der Waals surface area contributed by atoms with Gasteiger partial charge in [-0.15, -0.1) is 11.3 Å². The second kappa shape index (κ2) is 8.87. The van der Waals surface area contributed by atoms with Crippen molar-refractivity contribution in [1.29, 1.82) is 0 Å². The van der Waals surface area contributed by atoms with Gasteiger partial charge in [0.1, 0.15) is 12.2 Å². The quantitative estimate of drug-likeness (QED) is 0.676. The molecule has 5 rings (SSSR count). The number of amides is 2. The van der Waals surface area contributed by atoms with E-state index in [0.29, 0.717) is 19.2 Å². The second-order valence-electron chi connectivity index (χ2n) is 8.15. The van der Waals surface area contributed by atoms with Gasteiger partial charge in [0.15, 0.2) is 0 Å². The van der Waals surface area contributed by atoms with E-state index in [2.05, 4.69) is 25.9 Å². The smallest absolute Gasteiger partial charge is 0.315 e. The lowest BCUT2D eigenvalue weighted by Gasteiger charge is -2.24. The second-order valence-corrected chi connectivity index (χ2v) is 9.10. The summed E-state index contributed by atoms with van der Waals surface area (Å²) in [4.78, 5) is 22.5. The molecule has 30 heavy (non-hydrogen) atoms. The normalized spacial score (nSPS) is 28.8. The Labute approximate surface area is 179 Å². The molecule has 4 atom stereocenters. The Bertz CT molecular complexity index is 858. The first-order valence-corrected chi connectivity index (χ1v) is 11.6. The summed E-state index contributed by atoms with van der Waals surface area (Å²) < 4.78 is 12.0. The standard InChI is InChI=1S/C21H27N5O3S/c27-21(23-13-5-2-1-3-6-13)26-16-12-29-18-15(11-28-19(16)18)25-20-22-9-8-14(24-20)17-7-4-10-30-17/h4,7-10,13,15-16,18-19H,1-3,5-6,11-12H2,(H,22,24,25)(H2,23,26,27)/t15-,16-,18+,19+/m0/s1. The Balaban J connectivity index is 1.17. The van der Waals surface area contributed by atoms with E-state index >= 15 is 0 Å². The maximum atomic E-state index is 12.4. The molecular formula is C21H27N5O3S. The lowest BCUT2D eigenvalue weighted by Crippen LogP contribution is -2.51. The Hall–Kier alpha value is -2.23. The first kappa shape index (κ1) is 19.7. The Morgan fingerprint density at radius 2 is 1.83 bits per heavy atom. The molecule has 2 amide bonds. The number of thiophene rings is 1. The van der Waals surface area contributed by atoms with Crippen molar-refractivity contribution in [2.75, 3.05) is 18.5 Å². The van der Waals surface area contributed by atoms with Crippen LogP contribution in [0.4, 0.5) is 10.7 Å². The number of carbonyl (C=O) groups is 1. The largest absolute Gasteiger partial charge is 0.371 e. The number of nitrogens with one attached hydrogen (secondary N) is 3. The molecule has 2 aliphatic heterocycles. The number of hydrogen-bond donors (Lipinski definition) is 3. The van der Waals surface area contributed by atoms with Gasteiger partial charge in [0.25, 0.3) is 0 Å². The fourth-order valence-electron chi connectivity index (χ4n) is 4.54. The molecule has 0 spiro atoms. The molecule has 0 aromatic carbocycles. The molecule has 3 fully saturated rings. The van der Waals surface area contributed by atoms with Crippen molar-refractivity contribution in [2.45, 2.75) is 62.4 Å². The Kier molecular flexibility index (Phi) is 5.83. The van der Waals surface area contributed by atoms with E-state index in [0.717, 1.165) is 23.4 Å². The minimum atomic E-state index is -0.167.